The van der Waals surface area contributed by atoms with E-state index >= 15 is 0 Å². The normalized spacial score (nSPS) is 10.7. The molecule has 4 nitrogen and oxygen atoms in total. The maximum atomic E-state index is 11.3. The molecule has 5 heteroatoms. The molecule has 0 aromatic heterocycles. The molecule has 0 spiro atoms. The smallest absolute Gasteiger partial charge is 0.342 e. The van der Waals surface area contributed by atoms with Crippen LogP contribution in [0.2, 0.25) is 0 Å². The predicted molar refractivity (Wildman–Crippen MR) is 55.4 cm³/mol. The number of hydrogen-bond acceptors (Lipinski definition) is 4. The van der Waals surface area contributed by atoms with Crippen molar-refractivity contribution in [1.82, 2.24) is 0 Å². The van der Waals surface area contributed by atoms with Crippen LogP contribution in [0.4, 0.5) is 0 Å². The van der Waals surface area contributed by atoms with Gasteiger partial charge in [-0.25, -0.2) is 4.79 Å². The lowest BCUT2D eigenvalue weighted by Crippen LogP contribution is -2.12. The van der Waals surface area contributed by atoms with E-state index in [1.165, 1.54) is 0 Å². The quantitative estimate of drug-likeness (QED) is 0.572. The predicted octanol–water partition coefficient (Wildman–Crippen LogP) is 1.25. The molecule has 0 fully saturated rings. The SMILES string of the molecule is C=CC(=O)OS(=O)(=O)Cc1ccccc1. The monoisotopic (exact) mass is 226 g/mol. The van der Waals surface area contributed by atoms with Crippen molar-refractivity contribution in [2.24, 2.45) is 0 Å². The summed E-state index contributed by atoms with van der Waals surface area (Å²) in [6, 6.07) is 8.46. The summed E-state index contributed by atoms with van der Waals surface area (Å²) in [5, 5.41) is 0. The molecule has 0 aliphatic rings. The lowest BCUT2D eigenvalue weighted by atomic mass is 10.2. The van der Waals surface area contributed by atoms with Crippen LogP contribution >= 0.6 is 0 Å². The molecule has 0 saturated carbocycles. The Morgan fingerprint density at radius 3 is 2.47 bits per heavy atom. The molecule has 0 aliphatic carbocycles. The molecule has 0 aliphatic heterocycles. The van der Waals surface area contributed by atoms with Gasteiger partial charge in [-0.05, 0) is 5.56 Å². The van der Waals surface area contributed by atoms with E-state index in [9.17, 15) is 13.2 Å². The van der Waals surface area contributed by atoms with Gasteiger partial charge in [0.2, 0.25) is 0 Å². The van der Waals surface area contributed by atoms with Crippen molar-refractivity contribution in [3.8, 4) is 0 Å². The molecule has 1 aromatic carbocycles. The van der Waals surface area contributed by atoms with E-state index in [1.807, 2.05) is 0 Å². The highest BCUT2D eigenvalue weighted by molar-refractivity contribution is 7.86. The number of rotatable bonds is 4. The van der Waals surface area contributed by atoms with Crippen molar-refractivity contribution >= 4 is 16.1 Å². The minimum absolute atomic E-state index is 0.326. The van der Waals surface area contributed by atoms with E-state index in [-0.39, 0.29) is 5.75 Å². The molecule has 0 amide bonds. The van der Waals surface area contributed by atoms with Crippen molar-refractivity contribution in [1.29, 1.82) is 0 Å². The van der Waals surface area contributed by atoms with Gasteiger partial charge >= 0.3 is 16.1 Å². The second-order valence-corrected chi connectivity index (χ2v) is 4.36. The molecule has 0 saturated heterocycles. The molecular weight excluding hydrogens is 216 g/mol. The standard InChI is InChI=1S/C10H10O4S/c1-2-10(11)14-15(12,13)8-9-6-4-3-5-7-9/h2-7H,1,8H2. The zero-order chi connectivity index (χ0) is 11.3. The Balaban J connectivity index is 2.73. The molecular formula is C10H10O4S. The molecule has 0 bridgehead atoms. The third kappa shape index (κ3) is 3.95. The first-order valence-electron chi connectivity index (χ1n) is 4.16. The zero-order valence-electron chi connectivity index (χ0n) is 7.92. The van der Waals surface area contributed by atoms with Gasteiger partial charge in [0.05, 0.1) is 0 Å². The second-order valence-electron chi connectivity index (χ2n) is 2.79. The Morgan fingerprint density at radius 2 is 1.93 bits per heavy atom. The van der Waals surface area contributed by atoms with Crippen LogP contribution in [-0.2, 0) is 24.8 Å². The topological polar surface area (TPSA) is 60.4 Å². The number of hydrogen-bond donors (Lipinski definition) is 0. The van der Waals surface area contributed by atoms with E-state index in [0.29, 0.717) is 5.56 Å². The van der Waals surface area contributed by atoms with Gasteiger partial charge in [-0.1, -0.05) is 36.9 Å². The van der Waals surface area contributed by atoms with E-state index in [1.54, 1.807) is 30.3 Å². The van der Waals surface area contributed by atoms with Crippen LogP contribution in [0.15, 0.2) is 43.0 Å². The molecule has 0 N–H and O–H groups in total. The van der Waals surface area contributed by atoms with Crippen LogP contribution in [-0.4, -0.2) is 14.4 Å². The van der Waals surface area contributed by atoms with Gasteiger partial charge in [0.25, 0.3) is 0 Å². The lowest BCUT2D eigenvalue weighted by Gasteiger charge is -2.02. The summed E-state index contributed by atoms with van der Waals surface area (Å²) < 4.78 is 26.8. The van der Waals surface area contributed by atoms with E-state index in [2.05, 4.69) is 10.8 Å². The summed E-state index contributed by atoms with van der Waals surface area (Å²) in [6.07, 6.45) is 0.808. The largest absolute Gasteiger partial charge is 0.345 e. The van der Waals surface area contributed by atoms with Crippen LogP contribution in [0, 0.1) is 0 Å². The fraction of sp³-hybridized carbons (Fsp3) is 0.100. The van der Waals surface area contributed by atoms with Crippen LogP contribution < -0.4 is 0 Å². The van der Waals surface area contributed by atoms with Crippen LogP contribution in [0.25, 0.3) is 0 Å². The third-order valence-corrected chi connectivity index (χ3v) is 2.67. The van der Waals surface area contributed by atoms with Crippen molar-refractivity contribution in [3.63, 3.8) is 0 Å². The molecule has 0 unspecified atom stereocenters. The summed E-state index contributed by atoms with van der Waals surface area (Å²) in [5.41, 5.74) is 0.564. The Bertz CT molecular complexity index is 448. The van der Waals surface area contributed by atoms with Gasteiger partial charge in [-0.15, -0.1) is 0 Å². The van der Waals surface area contributed by atoms with Crippen molar-refractivity contribution in [2.45, 2.75) is 5.75 Å². The van der Waals surface area contributed by atoms with Crippen molar-refractivity contribution in [3.05, 3.63) is 48.6 Å². The number of benzene rings is 1. The van der Waals surface area contributed by atoms with E-state index < -0.39 is 16.1 Å². The fourth-order valence-corrected chi connectivity index (χ4v) is 1.94. The zero-order valence-corrected chi connectivity index (χ0v) is 8.74. The molecule has 1 aromatic rings. The molecule has 80 valence electrons. The van der Waals surface area contributed by atoms with Gasteiger partial charge in [-0.2, -0.15) is 8.42 Å². The average Bonchev–Trinajstić information content (AvgIpc) is 2.17. The van der Waals surface area contributed by atoms with Gasteiger partial charge in [0.1, 0.15) is 5.75 Å². The highest BCUT2D eigenvalue weighted by Gasteiger charge is 2.15. The van der Waals surface area contributed by atoms with Crippen LogP contribution in [0.1, 0.15) is 5.56 Å². The molecule has 0 atom stereocenters. The highest BCUT2D eigenvalue weighted by atomic mass is 32.2. The lowest BCUT2D eigenvalue weighted by molar-refractivity contribution is -0.128. The minimum Gasteiger partial charge on any atom is -0.342 e. The molecule has 0 radical (unpaired) electrons. The Morgan fingerprint density at radius 1 is 1.33 bits per heavy atom. The van der Waals surface area contributed by atoms with Crippen LogP contribution in [0.5, 0.6) is 0 Å². The minimum atomic E-state index is -3.87. The van der Waals surface area contributed by atoms with Gasteiger partial charge in [0.15, 0.2) is 0 Å². The molecule has 0 heterocycles. The van der Waals surface area contributed by atoms with Gasteiger partial charge in [-0.3, -0.25) is 0 Å². The first-order valence-corrected chi connectivity index (χ1v) is 5.74. The van der Waals surface area contributed by atoms with Crippen molar-refractivity contribution in [2.75, 3.05) is 0 Å². The molecule has 1 rings (SSSR count). The number of carbonyl (C=O) groups is 1. The first kappa shape index (κ1) is 11.5. The van der Waals surface area contributed by atoms with Crippen molar-refractivity contribution < 1.29 is 17.4 Å². The summed E-state index contributed by atoms with van der Waals surface area (Å²) in [6.45, 7) is 3.11. The van der Waals surface area contributed by atoms with Crippen LogP contribution in [0.3, 0.4) is 0 Å². The highest BCUT2D eigenvalue weighted by Crippen LogP contribution is 2.07. The maximum absolute atomic E-state index is 11.3. The van der Waals surface area contributed by atoms with Gasteiger partial charge in [0, 0.05) is 6.08 Å². The second kappa shape index (κ2) is 4.75. The summed E-state index contributed by atoms with van der Waals surface area (Å²) >= 11 is 0. The summed E-state index contributed by atoms with van der Waals surface area (Å²) in [7, 11) is -3.87. The van der Waals surface area contributed by atoms with E-state index in [0.717, 1.165) is 6.08 Å². The summed E-state index contributed by atoms with van der Waals surface area (Å²) in [5.74, 6) is -1.29. The van der Waals surface area contributed by atoms with E-state index in [4.69, 9.17) is 0 Å². The Kier molecular flexibility index (Phi) is 3.62. The Hall–Kier alpha value is -1.62. The number of carbonyl (C=O) groups excluding carboxylic acids is 1. The maximum Gasteiger partial charge on any atom is 0.345 e. The first-order chi connectivity index (χ1) is 7.03. The molecule has 15 heavy (non-hydrogen) atoms. The fourth-order valence-electron chi connectivity index (χ4n) is 0.967. The Labute approximate surface area is 88.3 Å². The van der Waals surface area contributed by atoms with Gasteiger partial charge < -0.3 is 4.18 Å². The third-order valence-electron chi connectivity index (χ3n) is 1.56. The summed E-state index contributed by atoms with van der Waals surface area (Å²) in [4.78, 5) is 10.7. The average molecular weight is 226 g/mol.